The van der Waals surface area contributed by atoms with Crippen molar-refractivity contribution in [3.05, 3.63) is 48.0 Å². The number of carbonyl (C=O) groups is 2. The minimum absolute atomic E-state index is 0.0267. The van der Waals surface area contributed by atoms with Crippen LogP contribution in [0.5, 0.6) is 0 Å². The normalized spacial score (nSPS) is 11.0. The number of Topliss-reactive ketones (excluding diaryl/α,β-unsaturated/α-hetero) is 1. The van der Waals surface area contributed by atoms with Crippen molar-refractivity contribution in [2.45, 2.75) is 23.6 Å². The summed E-state index contributed by atoms with van der Waals surface area (Å²) in [4.78, 5) is 22.6. The van der Waals surface area contributed by atoms with Gasteiger partial charge >= 0.3 is 0 Å². The maximum Gasteiger partial charge on any atom is 0.221 e. The van der Waals surface area contributed by atoms with Crippen molar-refractivity contribution in [3.8, 4) is 0 Å². The molecule has 0 heterocycles. The Morgan fingerprint density at radius 1 is 1.00 bits per heavy atom. The van der Waals surface area contributed by atoms with E-state index in [1.54, 1.807) is 0 Å². The second-order valence-corrected chi connectivity index (χ2v) is 6.94. The number of ketones is 1. The molecule has 120 valence electrons. The highest BCUT2D eigenvalue weighted by Crippen LogP contribution is 2.27. The topological polar surface area (TPSA) is 106 Å². The average molecular weight is 332 g/mol. The molecule has 1 amide bonds. The minimum Gasteiger partial charge on any atom is -0.399 e. The molecular weight excluding hydrogens is 316 g/mol. The molecule has 7 heteroatoms. The molecule has 0 saturated carbocycles. The van der Waals surface area contributed by atoms with Crippen LogP contribution in [0, 0.1) is 0 Å². The van der Waals surface area contributed by atoms with E-state index in [0.717, 1.165) is 0 Å². The number of hydrogen-bond acceptors (Lipinski definition) is 5. The first kappa shape index (κ1) is 16.7. The number of nitrogens with one attached hydrogen (secondary N) is 1. The fourth-order valence-electron chi connectivity index (χ4n) is 2.10. The summed E-state index contributed by atoms with van der Waals surface area (Å²) in [6, 6.07) is 9.83. The van der Waals surface area contributed by atoms with Crippen molar-refractivity contribution in [2.75, 3.05) is 11.1 Å². The lowest BCUT2D eigenvalue weighted by atomic mass is 10.1. The Morgan fingerprint density at radius 3 is 2.13 bits per heavy atom. The van der Waals surface area contributed by atoms with Gasteiger partial charge in [0.1, 0.15) is 0 Å². The number of benzene rings is 2. The van der Waals surface area contributed by atoms with Crippen LogP contribution in [0.1, 0.15) is 24.2 Å². The summed E-state index contributed by atoms with van der Waals surface area (Å²) in [5, 5.41) is 2.56. The smallest absolute Gasteiger partial charge is 0.221 e. The van der Waals surface area contributed by atoms with Crippen molar-refractivity contribution >= 4 is 32.9 Å². The zero-order chi connectivity index (χ0) is 17.2. The number of carbonyl (C=O) groups excluding carboxylic acids is 2. The van der Waals surface area contributed by atoms with Gasteiger partial charge in [0.05, 0.1) is 9.79 Å². The maximum atomic E-state index is 12.7. The van der Waals surface area contributed by atoms with Gasteiger partial charge in [-0.25, -0.2) is 8.42 Å². The molecular formula is C16H16N2O4S. The quantitative estimate of drug-likeness (QED) is 0.660. The van der Waals surface area contributed by atoms with Crippen LogP contribution in [0.25, 0.3) is 0 Å². The fourth-order valence-corrected chi connectivity index (χ4v) is 3.59. The van der Waals surface area contributed by atoms with Crippen LogP contribution < -0.4 is 11.1 Å². The lowest BCUT2D eigenvalue weighted by molar-refractivity contribution is -0.114. The number of hydrogen-bond donors (Lipinski definition) is 2. The second-order valence-electron chi connectivity index (χ2n) is 5.02. The standard InChI is InChI=1S/C16H16N2O4S/c1-10(19)15-9-12(17)3-8-16(15)23(21,22)14-6-4-13(5-7-14)18-11(2)20/h3-9H,17H2,1-2H3,(H,18,20). The van der Waals surface area contributed by atoms with Gasteiger partial charge in [0.25, 0.3) is 0 Å². The number of rotatable bonds is 4. The van der Waals surface area contributed by atoms with Gasteiger partial charge < -0.3 is 11.1 Å². The molecule has 2 aromatic rings. The molecule has 0 unspecified atom stereocenters. The summed E-state index contributed by atoms with van der Waals surface area (Å²) >= 11 is 0. The Labute approximate surface area is 134 Å². The molecule has 0 saturated heterocycles. The number of amides is 1. The lowest BCUT2D eigenvalue weighted by Crippen LogP contribution is -2.10. The third-order valence-corrected chi connectivity index (χ3v) is 4.99. The molecule has 0 fully saturated rings. The number of anilines is 2. The van der Waals surface area contributed by atoms with Gasteiger partial charge in [0.2, 0.25) is 15.7 Å². The van der Waals surface area contributed by atoms with Gasteiger partial charge in [-0.05, 0) is 49.4 Å². The van der Waals surface area contributed by atoms with Crippen molar-refractivity contribution in [2.24, 2.45) is 0 Å². The first-order valence-electron chi connectivity index (χ1n) is 6.75. The molecule has 0 radical (unpaired) electrons. The Kier molecular flexibility index (Phi) is 4.51. The largest absolute Gasteiger partial charge is 0.399 e. The molecule has 0 spiro atoms. The second kappa shape index (κ2) is 6.21. The van der Waals surface area contributed by atoms with E-state index in [-0.39, 0.29) is 27.0 Å². The molecule has 0 aliphatic heterocycles. The molecule has 0 bridgehead atoms. The molecule has 0 atom stereocenters. The number of nitrogens with two attached hydrogens (primary N) is 1. The molecule has 23 heavy (non-hydrogen) atoms. The monoisotopic (exact) mass is 332 g/mol. The molecule has 0 aromatic heterocycles. The SMILES string of the molecule is CC(=O)Nc1ccc(S(=O)(=O)c2ccc(N)cc2C(C)=O)cc1. The van der Waals surface area contributed by atoms with E-state index in [9.17, 15) is 18.0 Å². The fraction of sp³-hybridized carbons (Fsp3) is 0.125. The van der Waals surface area contributed by atoms with E-state index in [1.807, 2.05) is 0 Å². The molecule has 0 aliphatic rings. The first-order chi connectivity index (χ1) is 10.7. The molecule has 6 nitrogen and oxygen atoms in total. The van der Waals surface area contributed by atoms with E-state index in [4.69, 9.17) is 5.73 Å². The van der Waals surface area contributed by atoms with E-state index in [2.05, 4.69) is 5.32 Å². The van der Waals surface area contributed by atoms with Gasteiger partial charge in [0, 0.05) is 23.9 Å². The zero-order valence-corrected chi connectivity index (χ0v) is 13.5. The van der Waals surface area contributed by atoms with Crippen LogP contribution in [0.15, 0.2) is 52.3 Å². The summed E-state index contributed by atoms with van der Waals surface area (Å²) in [5.74, 6) is -0.635. The van der Waals surface area contributed by atoms with Gasteiger partial charge in [-0.2, -0.15) is 0 Å². The van der Waals surface area contributed by atoms with E-state index >= 15 is 0 Å². The Bertz CT molecular complexity index is 871. The summed E-state index contributed by atoms with van der Waals surface area (Å²) in [5.41, 5.74) is 6.48. The number of nitrogen functional groups attached to an aromatic ring is 1. The third-order valence-electron chi connectivity index (χ3n) is 3.16. The lowest BCUT2D eigenvalue weighted by Gasteiger charge is -2.10. The highest BCUT2D eigenvalue weighted by molar-refractivity contribution is 7.91. The Hall–Kier alpha value is -2.67. The Balaban J connectivity index is 2.51. The highest BCUT2D eigenvalue weighted by Gasteiger charge is 2.23. The molecule has 2 rings (SSSR count). The van der Waals surface area contributed by atoms with Crippen molar-refractivity contribution in [3.63, 3.8) is 0 Å². The van der Waals surface area contributed by atoms with Gasteiger partial charge in [-0.1, -0.05) is 0 Å². The molecule has 3 N–H and O–H groups in total. The predicted octanol–water partition coefficient (Wildman–Crippen LogP) is 2.26. The number of sulfone groups is 1. The van der Waals surface area contributed by atoms with Crippen LogP contribution in [0.4, 0.5) is 11.4 Å². The van der Waals surface area contributed by atoms with Crippen LogP contribution in [0.2, 0.25) is 0 Å². The first-order valence-corrected chi connectivity index (χ1v) is 8.23. The van der Waals surface area contributed by atoms with Crippen LogP contribution in [0.3, 0.4) is 0 Å². The summed E-state index contributed by atoms with van der Waals surface area (Å²) in [7, 11) is -3.87. The van der Waals surface area contributed by atoms with Crippen LogP contribution >= 0.6 is 0 Å². The van der Waals surface area contributed by atoms with Crippen molar-refractivity contribution < 1.29 is 18.0 Å². The Morgan fingerprint density at radius 2 is 1.61 bits per heavy atom. The van der Waals surface area contributed by atoms with E-state index in [0.29, 0.717) is 11.4 Å². The molecule has 0 aliphatic carbocycles. The zero-order valence-electron chi connectivity index (χ0n) is 12.7. The summed E-state index contributed by atoms with van der Waals surface area (Å²) in [6.07, 6.45) is 0. The minimum atomic E-state index is -3.87. The van der Waals surface area contributed by atoms with Gasteiger partial charge in [0.15, 0.2) is 5.78 Å². The van der Waals surface area contributed by atoms with Gasteiger partial charge in [-0.3, -0.25) is 9.59 Å². The third kappa shape index (κ3) is 3.57. The summed E-state index contributed by atoms with van der Waals surface area (Å²) < 4.78 is 25.4. The summed E-state index contributed by atoms with van der Waals surface area (Å²) in [6.45, 7) is 2.64. The highest BCUT2D eigenvalue weighted by atomic mass is 32.2. The average Bonchev–Trinajstić information content (AvgIpc) is 2.46. The van der Waals surface area contributed by atoms with Crippen LogP contribution in [-0.2, 0) is 14.6 Å². The van der Waals surface area contributed by atoms with Crippen LogP contribution in [-0.4, -0.2) is 20.1 Å². The predicted molar refractivity (Wildman–Crippen MR) is 87.1 cm³/mol. The van der Waals surface area contributed by atoms with Crippen molar-refractivity contribution in [1.82, 2.24) is 0 Å². The van der Waals surface area contributed by atoms with Crippen molar-refractivity contribution in [1.29, 1.82) is 0 Å². The maximum absolute atomic E-state index is 12.7. The van der Waals surface area contributed by atoms with E-state index in [1.165, 1.54) is 56.3 Å². The van der Waals surface area contributed by atoms with E-state index < -0.39 is 9.84 Å². The van der Waals surface area contributed by atoms with Gasteiger partial charge in [-0.15, -0.1) is 0 Å². The molecule has 2 aromatic carbocycles.